The number of anilines is 2. The van der Waals surface area contributed by atoms with Gasteiger partial charge in [-0.05, 0) is 44.8 Å². The SMILES string of the molecule is Cc1cccc(N2CCN(c3ccncc3S(=O)(=O)NCc3nc(CN(C)C)cs3)CC2)c1. The number of sulfonamides is 1. The summed E-state index contributed by atoms with van der Waals surface area (Å²) in [6.45, 7) is 6.11. The molecule has 0 atom stereocenters. The van der Waals surface area contributed by atoms with Gasteiger partial charge in [0.15, 0.2) is 0 Å². The van der Waals surface area contributed by atoms with Gasteiger partial charge in [0.25, 0.3) is 0 Å². The van der Waals surface area contributed by atoms with Crippen molar-refractivity contribution in [3.05, 3.63) is 64.4 Å². The fourth-order valence-corrected chi connectivity index (χ4v) is 5.90. The zero-order valence-electron chi connectivity index (χ0n) is 19.2. The topological polar surface area (TPSA) is 81.7 Å². The molecule has 1 saturated heterocycles. The molecular weight excluding hydrogens is 456 g/mol. The number of pyridine rings is 1. The average molecular weight is 487 g/mol. The van der Waals surface area contributed by atoms with Crippen LogP contribution in [0.3, 0.4) is 0 Å². The molecule has 4 rings (SSSR count). The van der Waals surface area contributed by atoms with Crippen molar-refractivity contribution in [2.75, 3.05) is 50.1 Å². The molecule has 1 fully saturated rings. The summed E-state index contributed by atoms with van der Waals surface area (Å²) >= 11 is 1.46. The van der Waals surface area contributed by atoms with E-state index in [0.29, 0.717) is 5.69 Å². The van der Waals surface area contributed by atoms with Crippen molar-refractivity contribution in [3.63, 3.8) is 0 Å². The molecule has 0 aliphatic carbocycles. The molecule has 33 heavy (non-hydrogen) atoms. The van der Waals surface area contributed by atoms with E-state index in [1.54, 1.807) is 12.3 Å². The minimum Gasteiger partial charge on any atom is -0.368 e. The molecule has 0 saturated carbocycles. The molecule has 2 aromatic heterocycles. The van der Waals surface area contributed by atoms with E-state index in [9.17, 15) is 8.42 Å². The van der Waals surface area contributed by atoms with Crippen LogP contribution in [0.1, 0.15) is 16.3 Å². The Balaban J connectivity index is 1.44. The minimum atomic E-state index is -3.74. The number of aromatic nitrogens is 2. The van der Waals surface area contributed by atoms with Crippen LogP contribution in [0.2, 0.25) is 0 Å². The summed E-state index contributed by atoms with van der Waals surface area (Å²) in [5.41, 5.74) is 4.06. The Labute approximate surface area is 199 Å². The van der Waals surface area contributed by atoms with Crippen molar-refractivity contribution in [1.29, 1.82) is 0 Å². The summed E-state index contributed by atoms with van der Waals surface area (Å²) in [6, 6.07) is 10.3. The summed E-state index contributed by atoms with van der Waals surface area (Å²) in [6.07, 6.45) is 3.08. The Morgan fingerprint density at radius 1 is 1.12 bits per heavy atom. The quantitative estimate of drug-likeness (QED) is 0.524. The van der Waals surface area contributed by atoms with Crippen LogP contribution in [0, 0.1) is 6.92 Å². The minimum absolute atomic E-state index is 0.163. The van der Waals surface area contributed by atoms with Gasteiger partial charge in [0.1, 0.15) is 9.90 Å². The van der Waals surface area contributed by atoms with Gasteiger partial charge >= 0.3 is 0 Å². The van der Waals surface area contributed by atoms with Crippen LogP contribution in [0.25, 0.3) is 0 Å². The van der Waals surface area contributed by atoms with Gasteiger partial charge in [0.05, 0.1) is 17.9 Å². The van der Waals surface area contributed by atoms with E-state index in [2.05, 4.69) is 55.7 Å². The molecule has 0 unspecified atom stereocenters. The Hall–Kier alpha value is -2.53. The molecule has 0 radical (unpaired) electrons. The molecule has 8 nitrogen and oxygen atoms in total. The number of piperazine rings is 1. The molecule has 3 heterocycles. The zero-order valence-corrected chi connectivity index (χ0v) is 20.9. The van der Waals surface area contributed by atoms with E-state index < -0.39 is 10.0 Å². The molecule has 10 heteroatoms. The first-order valence-electron chi connectivity index (χ1n) is 10.9. The fourth-order valence-electron chi connectivity index (χ4n) is 3.93. The van der Waals surface area contributed by atoms with Crippen LogP contribution in [-0.2, 0) is 23.1 Å². The third-order valence-corrected chi connectivity index (χ3v) is 7.85. The summed E-state index contributed by atoms with van der Waals surface area (Å²) in [7, 11) is 0.222. The van der Waals surface area contributed by atoms with Crippen LogP contribution in [0.4, 0.5) is 11.4 Å². The smallest absolute Gasteiger partial charge is 0.244 e. The van der Waals surface area contributed by atoms with Gasteiger partial charge in [-0.25, -0.2) is 18.1 Å². The number of nitrogens with one attached hydrogen (secondary N) is 1. The maximum absolute atomic E-state index is 13.2. The van der Waals surface area contributed by atoms with Crippen molar-refractivity contribution >= 4 is 32.7 Å². The number of aryl methyl sites for hydroxylation is 1. The lowest BCUT2D eigenvalue weighted by Crippen LogP contribution is -2.47. The fraction of sp³-hybridized carbons (Fsp3) is 0.391. The second-order valence-electron chi connectivity index (χ2n) is 8.45. The second kappa shape index (κ2) is 10.2. The average Bonchev–Trinajstić information content (AvgIpc) is 3.25. The van der Waals surface area contributed by atoms with E-state index >= 15 is 0 Å². The Morgan fingerprint density at radius 2 is 1.88 bits per heavy atom. The Morgan fingerprint density at radius 3 is 2.61 bits per heavy atom. The van der Waals surface area contributed by atoms with Crippen LogP contribution in [0.15, 0.2) is 53.0 Å². The van der Waals surface area contributed by atoms with Crippen LogP contribution in [0.5, 0.6) is 0 Å². The highest BCUT2D eigenvalue weighted by atomic mass is 32.2. The normalized spacial score (nSPS) is 14.8. The van der Waals surface area contributed by atoms with Gasteiger partial charge in [0, 0.05) is 56.2 Å². The van der Waals surface area contributed by atoms with Gasteiger partial charge in [0.2, 0.25) is 10.0 Å². The van der Waals surface area contributed by atoms with Gasteiger partial charge in [-0.2, -0.15) is 0 Å². The summed E-state index contributed by atoms with van der Waals surface area (Å²) in [4.78, 5) is 15.3. The van der Waals surface area contributed by atoms with Crippen molar-refractivity contribution in [1.82, 2.24) is 19.6 Å². The highest BCUT2D eigenvalue weighted by Crippen LogP contribution is 2.27. The maximum atomic E-state index is 13.2. The second-order valence-corrected chi connectivity index (χ2v) is 11.1. The summed E-state index contributed by atoms with van der Waals surface area (Å²) in [5.74, 6) is 0. The lowest BCUT2D eigenvalue weighted by Gasteiger charge is -2.38. The highest BCUT2D eigenvalue weighted by molar-refractivity contribution is 7.89. The third-order valence-electron chi connectivity index (χ3n) is 5.53. The van der Waals surface area contributed by atoms with E-state index in [-0.39, 0.29) is 11.4 Å². The standard InChI is InChI=1S/C23H30N6O2S2/c1-18-5-4-6-20(13-18)28-9-11-29(12-10-28)21-7-8-24-14-22(21)33(30,31)25-15-23-26-19(17-32-23)16-27(2)3/h4-8,13-14,17,25H,9-12,15-16H2,1-3H3. The van der Waals surface area contributed by atoms with Gasteiger partial charge in [-0.1, -0.05) is 12.1 Å². The predicted octanol–water partition coefficient (Wildman–Crippen LogP) is 2.71. The van der Waals surface area contributed by atoms with E-state index in [1.165, 1.54) is 28.8 Å². The molecule has 0 bridgehead atoms. The Kier molecular flexibility index (Phi) is 7.28. The lowest BCUT2D eigenvalue weighted by molar-refractivity contribution is 0.397. The van der Waals surface area contributed by atoms with Crippen molar-refractivity contribution in [2.24, 2.45) is 0 Å². The van der Waals surface area contributed by atoms with Gasteiger partial charge in [-0.3, -0.25) is 4.98 Å². The zero-order chi connectivity index (χ0) is 23.4. The van der Waals surface area contributed by atoms with E-state index in [0.717, 1.165) is 43.4 Å². The number of nitrogens with zero attached hydrogens (tertiary/aromatic N) is 5. The van der Waals surface area contributed by atoms with Gasteiger partial charge < -0.3 is 14.7 Å². The molecule has 1 aliphatic heterocycles. The third kappa shape index (κ3) is 5.89. The number of rotatable bonds is 8. The number of hydrogen-bond acceptors (Lipinski definition) is 8. The van der Waals surface area contributed by atoms with Crippen LogP contribution < -0.4 is 14.5 Å². The summed E-state index contributed by atoms with van der Waals surface area (Å²) < 4.78 is 29.0. The molecule has 176 valence electrons. The molecular formula is C23H30N6O2S2. The highest BCUT2D eigenvalue weighted by Gasteiger charge is 2.25. The van der Waals surface area contributed by atoms with Crippen LogP contribution in [-0.4, -0.2) is 63.6 Å². The predicted molar refractivity (Wildman–Crippen MR) is 133 cm³/mol. The first-order chi connectivity index (χ1) is 15.8. The van der Waals surface area contributed by atoms with Crippen molar-refractivity contribution in [2.45, 2.75) is 24.9 Å². The first-order valence-corrected chi connectivity index (χ1v) is 13.3. The van der Waals surface area contributed by atoms with Crippen molar-refractivity contribution in [3.8, 4) is 0 Å². The van der Waals surface area contributed by atoms with E-state index in [1.807, 2.05) is 24.4 Å². The molecule has 1 aromatic carbocycles. The van der Waals surface area contributed by atoms with Crippen molar-refractivity contribution < 1.29 is 8.42 Å². The molecule has 0 amide bonds. The molecule has 0 spiro atoms. The lowest BCUT2D eigenvalue weighted by atomic mass is 10.2. The number of benzene rings is 1. The van der Waals surface area contributed by atoms with E-state index in [4.69, 9.17) is 0 Å². The maximum Gasteiger partial charge on any atom is 0.244 e. The monoisotopic (exact) mass is 486 g/mol. The summed E-state index contributed by atoms with van der Waals surface area (Å²) in [5, 5.41) is 2.71. The number of thiazole rings is 1. The largest absolute Gasteiger partial charge is 0.368 e. The molecule has 3 aromatic rings. The molecule has 1 N–H and O–H groups in total. The Bertz CT molecular complexity index is 1190. The van der Waals surface area contributed by atoms with Crippen LogP contribution >= 0.6 is 11.3 Å². The first kappa shape index (κ1) is 23.6. The number of hydrogen-bond donors (Lipinski definition) is 1. The molecule has 1 aliphatic rings. The van der Waals surface area contributed by atoms with Gasteiger partial charge in [-0.15, -0.1) is 11.3 Å².